The van der Waals surface area contributed by atoms with E-state index in [1.807, 2.05) is 6.92 Å². The number of hydrogen-bond donors (Lipinski definition) is 0. The molecule has 1 aromatic carbocycles. The van der Waals surface area contributed by atoms with Crippen LogP contribution in [0, 0.1) is 18.6 Å². The van der Waals surface area contributed by atoms with Crippen LogP contribution < -0.4 is 0 Å². The molecule has 0 radical (unpaired) electrons. The van der Waals surface area contributed by atoms with E-state index in [0.29, 0.717) is 5.56 Å². The lowest BCUT2D eigenvalue weighted by Crippen LogP contribution is -1.88. The molecule has 0 fully saturated rings. The molecule has 1 nitrogen and oxygen atoms in total. The zero-order valence-electron chi connectivity index (χ0n) is 8.17. The van der Waals surface area contributed by atoms with Crippen molar-refractivity contribution in [1.29, 1.82) is 0 Å². The van der Waals surface area contributed by atoms with E-state index < -0.39 is 11.6 Å². The minimum atomic E-state index is -0.830. The van der Waals surface area contributed by atoms with Gasteiger partial charge in [-0.05, 0) is 41.8 Å². The minimum absolute atomic E-state index is 0.661. The zero-order valence-corrected chi connectivity index (χ0v) is 8.17. The number of pyridine rings is 1. The molecule has 1 aromatic heterocycles. The molecule has 3 heteroatoms. The predicted octanol–water partition coefficient (Wildman–Crippen LogP) is 3.34. The number of hydrogen-bond acceptors (Lipinski definition) is 1. The molecule has 0 saturated heterocycles. The number of benzene rings is 1. The Balaban J connectivity index is 2.55. The second-order valence-electron chi connectivity index (χ2n) is 3.32. The molecule has 0 N–H and O–H groups in total. The van der Waals surface area contributed by atoms with Gasteiger partial charge >= 0.3 is 0 Å². The number of rotatable bonds is 1. The van der Waals surface area contributed by atoms with Gasteiger partial charge in [-0.1, -0.05) is 6.07 Å². The standard InChI is InChI=1S/C12H9F2N/c1-8-7-15-5-4-10(8)9-2-3-11(13)12(14)6-9/h2-7H,1H3. The smallest absolute Gasteiger partial charge is 0.159 e. The van der Waals surface area contributed by atoms with Crippen molar-refractivity contribution in [2.75, 3.05) is 0 Å². The van der Waals surface area contributed by atoms with Crippen LogP contribution in [-0.4, -0.2) is 4.98 Å². The Labute approximate surface area is 86.4 Å². The first-order valence-corrected chi connectivity index (χ1v) is 4.54. The Kier molecular flexibility index (Phi) is 2.46. The maximum absolute atomic E-state index is 13.0. The summed E-state index contributed by atoms with van der Waals surface area (Å²) in [6.45, 7) is 1.88. The Bertz CT molecular complexity index is 495. The van der Waals surface area contributed by atoms with E-state index in [-0.39, 0.29) is 0 Å². The highest BCUT2D eigenvalue weighted by atomic mass is 19.2. The van der Waals surface area contributed by atoms with Crippen molar-refractivity contribution in [2.45, 2.75) is 6.92 Å². The maximum Gasteiger partial charge on any atom is 0.159 e. The van der Waals surface area contributed by atoms with E-state index in [9.17, 15) is 8.78 Å². The van der Waals surface area contributed by atoms with Crippen molar-refractivity contribution in [3.8, 4) is 11.1 Å². The monoisotopic (exact) mass is 205 g/mol. The van der Waals surface area contributed by atoms with Gasteiger partial charge in [0.05, 0.1) is 0 Å². The van der Waals surface area contributed by atoms with Crippen molar-refractivity contribution in [2.24, 2.45) is 0 Å². The fraction of sp³-hybridized carbons (Fsp3) is 0.0833. The molecule has 1 heterocycles. The minimum Gasteiger partial charge on any atom is -0.264 e. The van der Waals surface area contributed by atoms with Crippen LogP contribution in [0.4, 0.5) is 8.78 Å². The van der Waals surface area contributed by atoms with Gasteiger partial charge in [-0.2, -0.15) is 0 Å². The van der Waals surface area contributed by atoms with Gasteiger partial charge in [-0.25, -0.2) is 8.78 Å². The van der Waals surface area contributed by atoms with E-state index >= 15 is 0 Å². The van der Waals surface area contributed by atoms with Gasteiger partial charge in [0.25, 0.3) is 0 Å². The van der Waals surface area contributed by atoms with Gasteiger partial charge in [0.2, 0.25) is 0 Å². The number of halogens is 2. The number of aromatic nitrogens is 1. The van der Waals surface area contributed by atoms with Crippen LogP contribution in [0.1, 0.15) is 5.56 Å². The molecule has 0 saturated carbocycles. The van der Waals surface area contributed by atoms with Crippen molar-refractivity contribution >= 4 is 0 Å². The second kappa shape index (κ2) is 3.77. The Hall–Kier alpha value is -1.77. The van der Waals surface area contributed by atoms with Crippen LogP contribution in [-0.2, 0) is 0 Å². The summed E-state index contributed by atoms with van der Waals surface area (Å²) in [6, 6.07) is 5.66. The molecule has 15 heavy (non-hydrogen) atoms. The largest absolute Gasteiger partial charge is 0.264 e. The van der Waals surface area contributed by atoms with Gasteiger partial charge in [-0.15, -0.1) is 0 Å². The molecule has 2 aromatic rings. The fourth-order valence-electron chi connectivity index (χ4n) is 1.46. The van der Waals surface area contributed by atoms with Crippen molar-refractivity contribution in [3.05, 3.63) is 53.9 Å². The second-order valence-corrected chi connectivity index (χ2v) is 3.32. The molecule has 76 valence electrons. The molecule has 0 atom stereocenters. The predicted molar refractivity (Wildman–Crippen MR) is 54.3 cm³/mol. The van der Waals surface area contributed by atoms with Crippen LogP contribution in [0.25, 0.3) is 11.1 Å². The van der Waals surface area contributed by atoms with Crippen LogP contribution in [0.3, 0.4) is 0 Å². The summed E-state index contributed by atoms with van der Waals surface area (Å²) in [7, 11) is 0. The Morgan fingerprint density at radius 3 is 2.53 bits per heavy atom. The average molecular weight is 205 g/mol. The van der Waals surface area contributed by atoms with E-state index in [1.54, 1.807) is 24.5 Å². The van der Waals surface area contributed by atoms with Crippen LogP contribution >= 0.6 is 0 Å². The fourth-order valence-corrected chi connectivity index (χ4v) is 1.46. The van der Waals surface area contributed by atoms with E-state index in [4.69, 9.17) is 0 Å². The Morgan fingerprint density at radius 2 is 1.87 bits per heavy atom. The summed E-state index contributed by atoms with van der Waals surface area (Å²) in [5.41, 5.74) is 2.46. The highest BCUT2D eigenvalue weighted by Crippen LogP contribution is 2.23. The van der Waals surface area contributed by atoms with Crippen molar-refractivity contribution in [3.63, 3.8) is 0 Å². The molecular weight excluding hydrogens is 196 g/mol. The van der Waals surface area contributed by atoms with E-state index in [1.165, 1.54) is 6.07 Å². The summed E-state index contributed by atoms with van der Waals surface area (Å²) in [5, 5.41) is 0. The highest BCUT2D eigenvalue weighted by molar-refractivity contribution is 5.66. The molecule has 0 amide bonds. The van der Waals surface area contributed by atoms with Gasteiger partial charge in [0.15, 0.2) is 11.6 Å². The first-order valence-electron chi connectivity index (χ1n) is 4.54. The molecule has 0 unspecified atom stereocenters. The lowest BCUT2D eigenvalue weighted by molar-refractivity contribution is 0.509. The van der Waals surface area contributed by atoms with Gasteiger partial charge in [-0.3, -0.25) is 4.98 Å². The van der Waals surface area contributed by atoms with Gasteiger partial charge in [0.1, 0.15) is 0 Å². The summed E-state index contributed by atoms with van der Waals surface area (Å²) in [4.78, 5) is 3.94. The zero-order chi connectivity index (χ0) is 10.8. The summed E-state index contributed by atoms with van der Waals surface area (Å²) >= 11 is 0. The lowest BCUT2D eigenvalue weighted by Gasteiger charge is -2.05. The molecule has 0 bridgehead atoms. The SMILES string of the molecule is Cc1cnccc1-c1ccc(F)c(F)c1. The maximum atomic E-state index is 13.0. The van der Waals surface area contributed by atoms with Gasteiger partial charge in [0, 0.05) is 12.4 Å². The summed E-state index contributed by atoms with van der Waals surface area (Å²) < 4.78 is 25.7. The highest BCUT2D eigenvalue weighted by Gasteiger charge is 2.05. The lowest BCUT2D eigenvalue weighted by atomic mass is 10.0. The molecular formula is C12H9F2N. The molecule has 0 aliphatic rings. The van der Waals surface area contributed by atoms with Crippen LogP contribution in [0.15, 0.2) is 36.7 Å². The summed E-state index contributed by atoms with van der Waals surface area (Å²) in [5.74, 6) is -1.66. The molecule has 2 rings (SSSR count). The quantitative estimate of drug-likeness (QED) is 0.695. The van der Waals surface area contributed by atoms with E-state index in [2.05, 4.69) is 4.98 Å². The molecule has 0 aliphatic heterocycles. The third kappa shape index (κ3) is 1.86. The third-order valence-corrected chi connectivity index (χ3v) is 2.25. The van der Waals surface area contributed by atoms with Crippen molar-refractivity contribution in [1.82, 2.24) is 4.98 Å². The van der Waals surface area contributed by atoms with Gasteiger partial charge < -0.3 is 0 Å². The third-order valence-electron chi connectivity index (χ3n) is 2.25. The normalized spacial score (nSPS) is 10.3. The van der Waals surface area contributed by atoms with E-state index in [0.717, 1.165) is 17.2 Å². The topological polar surface area (TPSA) is 12.9 Å². The average Bonchev–Trinajstić information content (AvgIpc) is 2.23. The van der Waals surface area contributed by atoms with Crippen LogP contribution in [0.2, 0.25) is 0 Å². The molecule has 0 aliphatic carbocycles. The Morgan fingerprint density at radius 1 is 1.07 bits per heavy atom. The first-order chi connectivity index (χ1) is 7.18. The first kappa shape index (κ1) is 9.77. The summed E-state index contributed by atoms with van der Waals surface area (Å²) in [6.07, 6.45) is 3.32. The number of nitrogens with zero attached hydrogens (tertiary/aromatic N) is 1. The molecule has 0 spiro atoms. The van der Waals surface area contributed by atoms with Crippen molar-refractivity contribution < 1.29 is 8.78 Å². The van der Waals surface area contributed by atoms with Crippen LogP contribution in [0.5, 0.6) is 0 Å². The number of aryl methyl sites for hydroxylation is 1.